The Bertz CT molecular complexity index is 815. The summed E-state index contributed by atoms with van der Waals surface area (Å²) in [4.78, 5) is 25.6. The summed E-state index contributed by atoms with van der Waals surface area (Å²) in [6.45, 7) is 6.23. The minimum Gasteiger partial charge on any atom is -0.393 e. The minimum atomic E-state index is -1.19. The molecule has 6 heteroatoms. The first-order valence-electron chi connectivity index (χ1n) is 12.1. The van der Waals surface area contributed by atoms with Gasteiger partial charge in [0.05, 0.1) is 6.10 Å². The van der Waals surface area contributed by atoms with Crippen LogP contribution < -0.4 is 0 Å². The van der Waals surface area contributed by atoms with Gasteiger partial charge >= 0.3 is 0 Å². The number of carbonyl (C=O) groups excluding carboxylic acids is 2. The van der Waals surface area contributed by atoms with Gasteiger partial charge in [-0.05, 0) is 67.8 Å². The van der Waals surface area contributed by atoms with E-state index in [0.29, 0.717) is 12.3 Å². The maximum atomic E-state index is 13.1. The molecule has 0 aromatic rings. The fourth-order valence-electron chi connectivity index (χ4n) is 8.86. The lowest BCUT2D eigenvalue weighted by atomic mass is 9.42. The average molecular weight is 433 g/mol. The van der Waals surface area contributed by atoms with E-state index in [4.69, 9.17) is 9.47 Å². The van der Waals surface area contributed by atoms with Crippen LogP contribution in [-0.4, -0.2) is 47.1 Å². The van der Waals surface area contributed by atoms with Gasteiger partial charge in [0.25, 0.3) is 0 Å². The summed E-state index contributed by atoms with van der Waals surface area (Å²) in [5.41, 5.74) is 0.502. The first kappa shape index (κ1) is 21.7. The first-order valence-corrected chi connectivity index (χ1v) is 12.1. The predicted molar refractivity (Wildman–Crippen MR) is 113 cm³/mol. The molecule has 0 aromatic carbocycles. The highest BCUT2D eigenvalue weighted by Gasteiger charge is 2.69. The lowest BCUT2D eigenvalue weighted by Crippen LogP contribution is -2.69. The fourth-order valence-corrected chi connectivity index (χ4v) is 8.86. The van der Waals surface area contributed by atoms with Crippen LogP contribution in [-0.2, 0) is 19.1 Å². The van der Waals surface area contributed by atoms with E-state index in [1.165, 1.54) is 0 Å². The number of rotatable bonds is 4. The Morgan fingerprint density at radius 3 is 2.58 bits per heavy atom. The second-order valence-electron chi connectivity index (χ2n) is 11.1. The molecular weight excluding hydrogens is 396 g/mol. The van der Waals surface area contributed by atoms with Crippen LogP contribution in [0.15, 0.2) is 11.6 Å². The third-order valence-electron chi connectivity index (χ3n) is 10.1. The van der Waals surface area contributed by atoms with Crippen molar-refractivity contribution in [1.82, 2.24) is 0 Å². The Morgan fingerprint density at radius 1 is 1.23 bits per heavy atom. The van der Waals surface area contributed by atoms with Crippen molar-refractivity contribution in [2.75, 3.05) is 13.4 Å². The zero-order valence-electron chi connectivity index (χ0n) is 18.9. The summed E-state index contributed by atoms with van der Waals surface area (Å²) in [6.07, 6.45) is 7.03. The van der Waals surface area contributed by atoms with E-state index in [1.54, 1.807) is 6.08 Å². The van der Waals surface area contributed by atoms with Crippen molar-refractivity contribution in [3.8, 4) is 0 Å². The van der Waals surface area contributed by atoms with E-state index in [9.17, 15) is 19.8 Å². The van der Waals surface area contributed by atoms with Crippen LogP contribution in [0.3, 0.4) is 0 Å². The highest BCUT2D eigenvalue weighted by molar-refractivity contribution is 5.98. The zero-order chi connectivity index (χ0) is 22.2. The van der Waals surface area contributed by atoms with Gasteiger partial charge in [-0.25, -0.2) is 0 Å². The molecule has 3 saturated carbocycles. The molecule has 1 aliphatic heterocycles. The minimum absolute atomic E-state index is 0.0166. The van der Waals surface area contributed by atoms with Crippen LogP contribution >= 0.6 is 0 Å². The maximum Gasteiger partial charge on any atom is 0.240 e. The molecule has 1 spiro atoms. The van der Waals surface area contributed by atoms with Gasteiger partial charge in [0, 0.05) is 17.3 Å². The number of Topliss-reactive ketones (excluding diaryl/α,β-unsaturated/α-hetero) is 1. The average Bonchev–Trinajstić information content (AvgIpc) is 3.03. The molecule has 1 saturated heterocycles. The Labute approximate surface area is 184 Å². The number of carbonyl (C=O) groups is 2. The second-order valence-corrected chi connectivity index (χ2v) is 11.1. The lowest BCUT2D eigenvalue weighted by Gasteiger charge is -2.64. The number of ketones is 2. The van der Waals surface area contributed by atoms with Crippen LogP contribution in [0.4, 0.5) is 0 Å². The highest BCUT2D eigenvalue weighted by atomic mass is 16.9. The summed E-state index contributed by atoms with van der Waals surface area (Å²) in [5.74, 6) is -0.991. The Morgan fingerprint density at radius 2 is 1.97 bits per heavy atom. The zero-order valence-corrected chi connectivity index (χ0v) is 18.9. The Balaban J connectivity index is 1.57. The molecule has 5 aliphatic rings. The SMILES string of the molecule is CCCC1C2(OCO2)C(=O)C=C2CC[C@@H]3[C@H]([C@@H](O)C[C@]4(C)[C@@H](C(=O)CO)CC[C@@H]34)[C@]21C. The molecule has 4 fully saturated rings. The predicted octanol–water partition coefficient (Wildman–Crippen LogP) is 3.00. The van der Waals surface area contributed by atoms with Crippen molar-refractivity contribution in [1.29, 1.82) is 0 Å². The fraction of sp³-hybridized carbons (Fsp3) is 0.840. The summed E-state index contributed by atoms with van der Waals surface area (Å²) < 4.78 is 11.7. The van der Waals surface area contributed by atoms with Crippen LogP contribution in [0.5, 0.6) is 0 Å². The van der Waals surface area contributed by atoms with Crippen molar-refractivity contribution < 1.29 is 29.3 Å². The van der Waals surface area contributed by atoms with E-state index in [1.807, 2.05) is 0 Å². The normalized spacial score (nSPS) is 47.8. The van der Waals surface area contributed by atoms with E-state index in [2.05, 4.69) is 20.8 Å². The van der Waals surface area contributed by atoms with E-state index < -0.39 is 18.5 Å². The van der Waals surface area contributed by atoms with Crippen molar-refractivity contribution in [2.45, 2.75) is 77.6 Å². The van der Waals surface area contributed by atoms with Gasteiger partial charge in [0.15, 0.2) is 12.6 Å². The molecule has 0 amide bonds. The molecule has 0 aromatic heterocycles. The van der Waals surface area contributed by atoms with Gasteiger partial charge in [-0.3, -0.25) is 9.59 Å². The molecule has 172 valence electrons. The van der Waals surface area contributed by atoms with Crippen LogP contribution in [0.2, 0.25) is 0 Å². The molecule has 1 heterocycles. The number of aliphatic hydroxyl groups is 2. The molecule has 8 atom stereocenters. The number of hydrogen-bond acceptors (Lipinski definition) is 6. The van der Waals surface area contributed by atoms with E-state index >= 15 is 0 Å². The smallest absolute Gasteiger partial charge is 0.240 e. The highest BCUT2D eigenvalue weighted by Crippen LogP contribution is 2.69. The van der Waals surface area contributed by atoms with Crippen LogP contribution in [0.25, 0.3) is 0 Å². The Hall–Kier alpha value is -1.08. The van der Waals surface area contributed by atoms with Gasteiger partial charge < -0.3 is 19.7 Å². The third kappa shape index (κ3) is 2.65. The number of aliphatic hydroxyl groups excluding tert-OH is 2. The van der Waals surface area contributed by atoms with Gasteiger partial charge in [-0.1, -0.05) is 32.8 Å². The lowest BCUT2D eigenvalue weighted by molar-refractivity contribution is -0.407. The van der Waals surface area contributed by atoms with Crippen molar-refractivity contribution in [3.63, 3.8) is 0 Å². The van der Waals surface area contributed by atoms with Crippen molar-refractivity contribution >= 4 is 11.6 Å². The third-order valence-corrected chi connectivity index (χ3v) is 10.1. The van der Waals surface area contributed by atoms with Crippen LogP contribution in [0, 0.1) is 40.4 Å². The monoisotopic (exact) mass is 432 g/mol. The number of ether oxygens (including phenoxy) is 2. The number of hydrogen-bond donors (Lipinski definition) is 2. The van der Waals surface area contributed by atoms with Gasteiger partial charge in [-0.15, -0.1) is 0 Å². The molecule has 1 unspecified atom stereocenters. The maximum absolute atomic E-state index is 13.1. The summed E-state index contributed by atoms with van der Waals surface area (Å²) in [5, 5.41) is 21.2. The molecular formula is C25H36O6. The largest absolute Gasteiger partial charge is 0.393 e. The molecule has 31 heavy (non-hydrogen) atoms. The quantitative estimate of drug-likeness (QED) is 0.709. The first-order chi connectivity index (χ1) is 14.7. The molecule has 0 radical (unpaired) electrons. The molecule has 4 aliphatic carbocycles. The van der Waals surface area contributed by atoms with Gasteiger partial charge in [-0.2, -0.15) is 0 Å². The molecule has 6 nitrogen and oxygen atoms in total. The standard InChI is InChI=1S/C25H36O6/c1-4-5-20-24(3)14(10-21(29)25(20)30-13-31-25)6-7-15-16-8-9-17(19(28)12-26)23(16,2)11-18(27)22(15)24/h10,15-18,20,22,26-27H,4-9,11-13H2,1-3H3/t15-,16-,17+,18-,20?,22+,23-,24+/m0/s1. The summed E-state index contributed by atoms with van der Waals surface area (Å²) >= 11 is 0. The van der Waals surface area contributed by atoms with Gasteiger partial charge in [0.2, 0.25) is 11.6 Å². The molecule has 2 N–H and O–H groups in total. The number of fused-ring (bicyclic) bond motifs is 5. The summed E-state index contributed by atoms with van der Waals surface area (Å²) in [6, 6.07) is 0. The van der Waals surface area contributed by atoms with E-state index in [-0.39, 0.29) is 52.9 Å². The Kier molecular flexibility index (Phi) is 5.06. The molecule has 0 bridgehead atoms. The topological polar surface area (TPSA) is 93.1 Å². The second kappa shape index (κ2) is 7.21. The van der Waals surface area contributed by atoms with E-state index in [0.717, 1.165) is 44.1 Å². The van der Waals surface area contributed by atoms with Gasteiger partial charge in [0.1, 0.15) is 6.61 Å². The summed E-state index contributed by atoms with van der Waals surface area (Å²) in [7, 11) is 0. The van der Waals surface area contributed by atoms with Crippen molar-refractivity contribution in [3.05, 3.63) is 11.6 Å². The van der Waals surface area contributed by atoms with Crippen LogP contribution in [0.1, 0.15) is 65.7 Å². The molecule has 5 rings (SSSR count). The van der Waals surface area contributed by atoms with Crippen molar-refractivity contribution in [2.24, 2.45) is 40.4 Å². The number of allylic oxidation sites excluding steroid dienone is 1.